The van der Waals surface area contributed by atoms with Crippen LogP contribution in [0.15, 0.2) is 41.5 Å². The molecule has 1 amide bonds. The largest absolute Gasteiger partial charge is 0.396 e. The van der Waals surface area contributed by atoms with Gasteiger partial charge in [-0.05, 0) is 42.8 Å². The van der Waals surface area contributed by atoms with Crippen molar-refractivity contribution in [2.24, 2.45) is 7.05 Å². The highest BCUT2D eigenvalue weighted by molar-refractivity contribution is 7.21. The SMILES string of the molecule is Cn1ccc2cc(-c3cnc4c(N)c(C(=O)N5CCCCC5)sc4n3)ccc2c1=O. The van der Waals surface area contributed by atoms with Crippen molar-refractivity contribution in [3.63, 3.8) is 0 Å². The van der Waals surface area contributed by atoms with Gasteiger partial charge in [-0.2, -0.15) is 0 Å². The molecule has 7 nitrogen and oxygen atoms in total. The lowest BCUT2D eigenvalue weighted by atomic mass is 10.1. The molecule has 1 saturated heterocycles. The highest BCUT2D eigenvalue weighted by Crippen LogP contribution is 2.34. The number of nitrogen functional groups attached to an aromatic ring is 1. The number of hydrogen-bond acceptors (Lipinski definition) is 6. The van der Waals surface area contributed by atoms with Crippen LogP contribution in [0, 0.1) is 0 Å². The van der Waals surface area contributed by atoms with Gasteiger partial charge in [-0.3, -0.25) is 9.59 Å². The topological polar surface area (TPSA) is 94.1 Å². The van der Waals surface area contributed by atoms with Crippen LogP contribution in [0.1, 0.15) is 28.9 Å². The Bertz CT molecular complexity index is 1350. The average Bonchev–Trinajstić information content (AvgIpc) is 3.12. The first-order chi connectivity index (χ1) is 14.5. The van der Waals surface area contributed by atoms with Crippen LogP contribution in [0.5, 0.6) is 0 Å². The van der Waals surface area contributed by atoms with Crippen LogP contribution in [0.25, 0.3) is 32.4 Å². The van der Waals surface area contributed by atoms with Crippen LogP contribution in [-0.2, 0) is 7.05 Å². The number of rotatable bonds is 2. The van der Waals surface area contributed by atoms with Crippen molar-refractivity contribution in [2.75, 3.05) is 18.8 Å². The second-order valence-electron chi connectivity index (χ2n) is 7.64. The molecule has 1 fully saturated rings. The smallest absolute Gasteiger partial charge is 0.266 e. The van der Waals surface area contributed by atoms with Gasteiger partial charge in [-0.15, -0.1) is 11.3 Å². The molecule has 0 radical (unpaired) electrons. The van der Waals surface area contributed by atoms with Gasteiger partial charge < -0.3 is 15.2 Å². The fourth-order valence-corrected chi connectivity index (χ4v) is 4.95. The number of nitrogens with two attached hydrogens (primary N) is 1. The standard InChI is InChI=1S/C22H21N5O2S/c1-26-10-7-13-11-14(5-6-15(13)21(26)28)16-12-24-18-17(23)19(30-20(18)25-16)22(29)27-8-3-2-4-9-27/h5-7,10-12H,2-4,8-9,23H2,1H3. The van der Waals surface area contributed by atoms with Gasteiger partial charge in [0, 0.05) is 37.3 Å². The zero-order chi connectivity index (χ0) is 20.8. The van der Waals surface area contributed by atoms with Gasteiger partial charge >= 0.3 is 0 Å². The van der Waals surface area contributed by atoms with Crippen LogP contribution < -0.4 is 11.3 Å². The van der Waals surface area contributed by atoms with Crippen molar-refractivity contribution < 1.29 is 4.79 Å². The number of carbonyl (C=O) groups is 1. The summed E-state index contributed by atoms with van der Waals surface area (Å²) in [5.74, 6) is -0.0277. The number of nitrogens with zero attached hydrogens (tertiary/aromatic N) is 4. The minimum absolute atomic E-state index is 0.0277. The van der Waals surface area contributed by atoms with E-state index in [1.54, 1.807) is 24.0 Å². The highest BCUT2D eigenvalue weighted by Gasteiger charge is 2.24. The van der Waals surface area contributed by atoms with Crippen LogP contribution in [0.2, 0.25) is 0 Å². The van der Waals surface area contributed by atoms with Gasteiger partial charge in [-0.1, -0.05) is 6.07 Å². The fraction of sp³-hybridized carbons (Fsp3) is 0.273. The molecular weight excluding hydrogens is 398 g/mol. The lowest BCUT2D eigenvalue weighted by Gasteiger charge is -2.26. The molecule has 0 atom stereocenters. The Morgan fingerprint density at radius 1 is 1.17 bits per heavy atom. The Labute approximate surface area is 176 Å². The minimum Gasteiger partial charge on any atom is -0.396 e. The number of hydrogen-bond donors (Lipinski definition) is 1. The van der Waals surface area contributed by atoms with E-state index >= 15 is 0 Å². The van der Waals surface area contributed by atoms with Gasteiger partial charge in [0.25, 0.3) is 11.5 Å². The van der Waals surface area contributed by atoms with Crippen molar-refractivity contribution in [1.29, 1.82) is 0 Å². The number of aryl methyl sites for hydroxylation is 1. The van der Waals surface area contributed by atoms with Crippen molar-refractivity contribution in [3.05, 3.63) is 51.9 Å². The number of thiophene rings is 1. The number of carbonyl (C=O) groups excluding carboxylic acids is 1. The molecular formula is C22H21N5O2S. The molecule has 0 unspecified atom stereocenters. The minimum atomic E-state index is -0.0347. The molecule has 0 spiro atoms. The molecule has 1 aliphatic rings. The molecule has 4 aromatic rings. The number of piperidine rings is 1. The summed E-state index contributed by atoms with van der Waals surface area (Å²) in [6.45, 7) is 1.55. The molecule has 152 valence electrons. The first-order valence-electron chi connectivity index (χ1n) is 9.97. The molecule has 1 aromatic carbocycles. The van der Waals surface area contributed by atoms with Crippen LogP contribution in [0.4, 0.5) is 5.69 Å². The molecule has 3 aromatic heterocycles. The number of fused-ring (bicyclic) bond motifs is 2. The van der Waals surface area contributed by atoms with E-state index in [0.717, 1.165) is 43.3 Å². The van der Waals surface area contributed by atoms with E-state index in [9.17, 15) is 9.59 Å². The van der Waals surface area contributed by atoms with E-state index in [0.29, 0.717) is 32.0 Å². The first kappa shape index (κ1) is 18.7. The average molecular weight is 420 g/mol. The summed E-state index contributed by atoms with van der Waals surface area (Å²) in [6, 6.07) is 7.53. The molecule has 8 heteroatoms. The fourth-order valence-electron chi connectivity index (χ4n) is 3.93. The van der Waals surface area contributed by atoms with Gasteiger partial charge in [0.05, 0.1) is 17.6 Å². The number of benzene rings is 1. The van der Waals surface area contributed by atoms with E-state index in [1.165, 1.54) is 11.3 Å². The van der Waals surface area contributed by atoms with Gasteiger partial charge in [-0.25, -0.2) is 9.97 Å². The third-order valence-electron chi connectivity index (χ3n) is 5.65. The van der Waals surface area contributed by atoms with E-state index in [1.807, 2.05) is 29.2 Å². The maximum atomic E-state index is 12.9. The Hall–Kier alpha value is -3.26. The summed E-state index contributed by atoms with van der Waals surface area (Å²) < 4.78 is 1.56. The molecule has 30 heavy (non-hydrogen) atoms. The summed E-state index contributed by atoms with van der Waals surface area (Å²) in [5, 5.41) is 1.51. The predicted molar refractivity (Wildman–Crippen MR) is 120 cm³/mol. The zero-order valence-corrected chi connectivity index (χ0v) is 17.4. The number of aromatic nitrogens is 3. The lowest BCUT2D eigenvalue weighted by molar-refractivity contribution is 0.0730. The molecule has 5 rings (SSSR count). The number of amides is 1. The third kappa shape index (κ3) is 3.04. The zero-order valence-electron chi connectivity index (χ0n) is 16.6. The van der Waals surface area contributed by atoms with E-state index in [-0.39, 0.29) is 11.5 Å². The second-order valence-corrected chi connectivity index (χ2v) is 8.64. The Morgan fingerprint density at radius 2 is 1.97 bits per heavy atom. The van der Waals surface area contributed by atoms with Crippen molar-refractivity contribution >= 4 is 44.1 Å². The normalized spacial score (nSPS) is 14.5. The van der Waals surface area contributed by atoms with Gasteiger partial charge in [0.15, 0.2) is 0 Å². The molecule has 0 bridgehead atoms. The van der Waals surface area contributed by atoms with Crippen LogP contribution in [0.3, 0.4) is 0 Å². The molecule has 1 aliphatic heterocycles. The summed E-state index contributed by atoms with van der Waals surface area (Å²) in [7, 11) is 1.74. The molecule has 4 heterocycles. The monoisotopic (exact) mass is 419 g/mol. The first-order valence-corrected chi connectivity index (χ1v) is 10.8. The van der Waals surface area contributed by atoms with Crippen molar-refractivity contribution in [2.45, 2.75) is 19.3 Å². The summed E-state index contributed by atoms with van der Waals surface area (Å²) in [4.78, 5) is 37.5. The van der Waals surface area contributed by atoms with E-state index in [4.69, 9.17) is 10.7 Å². The molecule has 0 saturated carbocycles. The number of anilines is 1. The van der Waals surface area contributed by atoms with Gasteiger partial charge in [0.1, 0.15) is 15.2 Å². The Kier molecular flexibility index (Phi) is 4.51. The van der Waals surface area contributed by atoms with E-state index in [2.05, 4.69) is 4.98 Å². The van der Waals surface area contributed by atoms with Crippen molar-refractivity contribution in [1.82, 2.24) is 19.4 Å². The summed E-state index contributed by atoms with van der Waals surface area (Å²) >= 11 is 1.30. The molecule has 2 N–H and O–H groups in total. The third-order valence-corrected chi connectivity index (χ3v) is 6.73. The summed E-state index contributed by atoms with van der Waals surface area (Å²) in [6.07, 6.45) is 6.64. The Morgan fingerprint density at radius 3 is 2.77 bits per heavy atom. The highest BCUT2D eigenvalue weighted by atomic mass is 32.1. The lowest BCUT2D eigenvalue weighted by Crippen LogP contribution is -2.35. The van der Waals surface area contributed by atoms with Crippen LogP contribution >= 0.6 is 11.3 Å². The quantitative estimate of drug-likeness (QED) is 0.537. The van der Waals surface area contributed by atoms with E-state index < -0.39 is 0 Å². The maximum Gasteiger partial charge on any atom is 0.266 e. The Balaban J connectivity index is 1.55. The van der Waals surface area contributed by atoms with Crippen molar-refractivity contribution in [3.8, 4) is 11.3 Å². The molecule has 0 aliphatic carbocycles. The number of likely N-dealkylation sites (tertiary alicyclic amines) is 1. The maximum absolute atomic E-state index is 12.9. The summed E-state index contributed by atoms with van der Waals surface area (Å²) in [5.41, 5.74) is 8.75. The second kappa shape index (κ2) is 7.21. The number of pyridine rings is 1. The van der Waals surface area contributed by atoms with Gasteiger partial charge in [0.2, 0.25) is 0 Å². The predicted octanol–water partition coefficient (Wildman–Crippen LogP) is 3.42. The van der Waals surface area contributed by atoms with Crippen LogP contribution in [-0.4, -0.2) is 38.4 Å².